The predicted octanol–water partition coefficient (Wildman–Crippen LogP) is 4.57. The van der Waals surface area contributed by atoms with Gasteiger partial charge in [-0.25, -0.2) is 9.37 Å². The maximum Gasteiger partial charge on any atom is 0.282 e. The van der Waals surface area contributed by atoms with E-state index in [1.54, 1.807) is 12.0 Å². The Labute approximate surface area is 256 Å². The summed E-state index contributed by atoms with van der Waals surface area (Å²) in [6.07, 6.45) is 4.85. The number of ether oxygens (including phenoxy) is 2. The van der Waals surface area contributed by atoms with Crippen molar-refractivity contribution < 1.29 is 18.7 Å². The van der Waals surface area contributed by atoms with Crippen molar-refractivity contribution in [3.63, 3.8) is 0 Å². The van der Waals surface area contributed by atoms with Gasteiger partial charge < -0.3 is 24.2 Å². The fourth-order valence-electron chi connectivity index (χ4n) is 6.59. The van der Waals surface area contributed by atoms with Crippen LogP contribution >= 0.6 is 0 Å². The van der Waals surface area contributed by atoms with Crippen molar-refractivity contribution >= 4 is 11.7 Å². The number of methoxy groups -OCH3 is 1. The van der Waals surface area contributed by atoms with Crippen LogP contribution in [0.1, 0.15) is 64.2 Å². The van der Waals surface area contributed by atoms with Crippen LogP contribution in [0.15, 0.2) is 24.5 Å². The number of hydrogen-bond acceptors (Lipinski definition) is 9. The Morgan fingerprint density at radius 2 is 1.93 bits per heavy atom. The van der Waals surface area contributed by atoms with E-state index in [9.17, 15) is 9.18 Å². The minimum Gasteiger partial charge on any atom is -0.434 e. The van der Waals surface area contributed by atoms with E-state index in [0.29, 0.717) is 24.3 Å². The summed E-state index contributed by atoms with van der Waals surface area (Å²) in [7, 11) is 3.91. The molecule has 1 amide bonds. The van der Waals surface area contributed by atoms with E-state index < -0.39 is 5.82 Å². The second-order valence-corrected chi connectivity index (χ2v) is 12.8. The number of benzene rings is 1. The number of likely N-dealkylation sites (N-methyl/N-ethyl adjacent to an activating group) is 1. The third-order valence-corrected chi connectivity index (χ3v) is 8.95. The maximum atomic E-state index is 14.3. The van der Waals surface area contributed by atoms with E-state index in [2.05, 4.69) is 50.8 Å². The van der Waals surface area contributed by atoms with Gasteiger partial charge in [-0.05, 0) is 77.7 Å². The molecule has 2 aliphatic heterocycles. The Morgan fingerprint density at radius 3 is 2.60 bits per heavy atom. The molecule has 10 nitrogen and oxygen atoms in total. The molecule has 0 bridgehead atoms. The molecule has 11 heteroatoms. The average Bonchev–Trinajstić information content (AvgIpc) is 3.40. The van der Waals surface area contributed by atoms with Crippen LogP contribution in [-0.4, -0.2) is 114 Å². The summed E-state index contributed by atoms with van der Waals surface area (Å²) in [5.41, 5.74) is 0.366. The molecule has 43 heavy (non-hydrogen) atoms. The van der Waals surface area contributed by atoms with Gasteiger partial charge in [0.1, 0.15) is 17.9 Å². The zero-order valence-electron chi connectivity index (χ0n) is 27.1. The van der Waals surface area contributed by atoms with E-state index in [1.165, 1.54) is 37.4 Å². The van der Waals surface area contributed by atoms with Crippen molar-refractivity contribution in [1.29, 1.82) is 0 Å². The van der Waals surface area contributed by atoms with Crippen LogP contribution < -0.4 is 9.64 Å². The lowest BCUT2D eigenvalue weighted by Gasteiger charge is -2.53. The second kappa shape index (κ2) is 14.7. The van der Waals surface area contributed by atoms with Crippen LogP contribution in [0.25, 0.3) is 0 Å². The van der Waals surface area contributed by atoms with Gasteiger partial charge in [0.2, 0.25) is 0 Å². The Kier molecular flexibility index (Phi) is 11.3. The summed E-state index contributed by atoms with van der Waals surface area (Å²) in [6, 6.07) is 4.52. The van der Waals surface area contributed by atoms with Crippen LogP contribution in [0, 0.1) is 17.2 Å². The van der Waals surface area contributed by atoms with E-state index >= 15 is 0 Å². The average molecular weight is 600 g/mol. The molecule has 2 fully saturated rings. The number of carbonyl (C=O) groups excluding carboxylic acids is 1. The molecule has 0 saturated carbocycles. The number of rotatable bonds is 15. The van der Waals surface area contributed by atoms with Gasteiger partial charge in [0.05, 0.1) is 12.2 Å². The van der Waals surface area contributed by atoms with Crippen molar-refractivity contribution in [1.82, 2.24) is 29.9 Å². The largest absolute Gasteiger partial charge is 0.434 e. The molecule has 1 aromatic heterocycles. The molecule has 2 aromatic rings. The fraction of sp³-hybridized carbons (Fsp3) is 0.688. The highest BCUT2D eigenvalue weighted by Crippen LogP contribution is 2.44. The van der Waals surface area contributed by atoms with Gasteiger partial charge in [-0.3, -0.25) is 9.69 Å². The Bertz CT molecular complexity index is 1210. The highest BCUT2D eigenvalue weighted by Gasteiger charge is 2.50. The summed E-state index contributed by atoms with van der Waals surface area (Å²) >= 11 is 0. The number of hydrogen-bond donors (Lipinski definition) is 0. The highest BCUT2D eigenvalue weighted by atomic mass is 19.1. The Balaban J connectivity index is 1.42. The molecule has 0 aliphatic carbocycles. The number of aromatic nitrogens is 3. The Morgan fingerprint density at radius 1 is 1.16 bits per heavy atom. The first-order valence-electron chi connectivity index (χ1n) is 15.7. The first kappa shape index (κ1) is 33.0. The number of nitrogens with zero attached hydrogens (tertiary/aromatic N) is 7. The molecule has 238 valence electrons. The SMILES string of the molecule is CCN(C(=O)c1cc(F)ccc1Oc1nncnc1N1CCC2(C1)CN([C@H](CCCN(C)CCOC)C(C)C)C2)C(C)C. The second-order valence-electron chi connectivity index (χ2n) is 12.8. The van der Waals surface area contributed by atoms with Crippen molar-refractivity contribution in [3.8, 4) is 11.6 Å². The third-order valence-electron chi connectivity index (χ3n) is 8.95. The number of likely N-dealkylation sites (tertiary alicyclic amines) is 1. The molecule has 3 heterocycles. The molecule has 0 radical (unpaired) electrons. The number of halogens is 1. The number of amides is 1. The third kappa shape index (κ3) is 7.99. The Hall–Kier alpha value is -2.89. The molecule has 4 rings (SSSR count). The fourth-order valence-corrected chi connectivity index (χ4v) is 6.59. The zero-order chi connectivity index (χ0) is 31.1. The van der Waals surface area contributed by atoms with Gasteiger partial charge in [0.25, 0.3) is 11.8 Å². The highest BCUT2D eigenvalue weighted by molar-refractivity contribution is 5.97. The number of anilines is 1. The first-order valence-corrected chi connectivity index (χ1v) is 15.7. The standard InChI is InChI=1S/C32H50FN7O3/c1-8-40(24(4)5)31(41)26-18-25(33)11-12-28(26)43-30-29(34-22-35-36-30)38-15-13-32(19-38)20-39(21-32)27(23(2)3)10-9-14-37(6)16-17-42-7/h11-12,18,22-24,27H,8-10,13-17,19-21H2,1-7H3/t27-/m1/s1. The quantitative estimate of drug-likeness (QED) is 0.292. The molecule has 1 atom stereocenters. The van der Waals surface area contributed by atoms with Crippen LogP contribution in [0.2, 0.25) is 0 Å². The predicted molar refractivity (Wildman–Crippen MR) is 166 cm³/mol. The van der Waals surface area contributed by atoms with E-state index in [4.69, 9.17) is 9.47 Å². The van der Waals surface area contributed by atoms with Crippen LogP contribution in [0.4, 0.5) is 10.2 Å². The lowest BCUT2D eigenvalue weighted by Crippen LogP contribution is -2.62. The minimum absolute atomic E-state index is 0.0391. The summed E-state index contributed by atoms with van der Waals surface area (Å²) in [4.78, 5) is 26.8. The van der Waals surface area contributed by atoms with Crippen LogP contribution in [-0.2, 0) is 4.74 Å². The normalized spacial score (nSPS) is 17.2. The summed E-state index contributed by atoms with van der Waals surface area (Å²) in [5.74, 6) is 0.871. The molecule has 1 spiro atoms. The zero-order valence-corrected chi connectivity index (χ0v) is 27.1. The smallest absolute Gasteiger partial charge is 0.282 e. The summed E-state index contributed by atoms with van der Waals surface area (Å²) in [5, 5.41) is 8.21. The topological polar surface area (TPSA) is 87.2 Å². The van der Waals surface area contributed by atoms with E-state index in [-0.39, 0.29) is 34.6 Å². The van der Waals surface area contributed by atoms with Crippen molar-refractivity contribution in [2.24, 2.45) is 11.3 Å². The lowest BCUT2D eigenvalue weighted by molar-refractivity contribution is -0.0345. The van der Waals surface area contributed by atoms with Gasteiger partial charge in [0.15, 0.2) is 5.82 Å². The minimum atomic E-state index is -0.498. The van der Waals surface area contributed by atoms with Gasteiger partial charge in [-0.2, -0.15) is 0 Å². The van der Waals surface area contributed by atoms with E-state index in [0.717, 1.165) is 52.3 Å². The van der Waals surface area contributed by atoms with Crippen molar-refractivity contribution in [3.05, 3.63) is 35.9 Å². The lowest BCUT2D eigenvalue weighted by atomic mass is 9.76. The van der Waals surface area contributed by atoms with Crippen molar-refractivity contribution in [2.75, 3.05) is 71.5 Å². The summed E-state index contributed by atoms with van der Waals surface area (Å²) in [6.45, 7) is 17.6. The molecular formula is C32H50FN7O3. The monoisotopic (exact) mass is 599 g/mol. The molecular weight excluding hydrogens is 549 g/mol. The molecule has 0 N–H and O–H groups in total. The summed E-state index contributed by atoms with van der Waals surface area (Å²) < 4.78 is 25.7. The first-order chi connectivity index (χ1) is 20.6. The van der Waals surface area contributed by atoms with Crippen molar-refractivity contribution in [2.45, 2.75) is 66.0 Å². The molecule has 2 aliphatic rings. The molecule has 1 aromatic carbocycles. The molecule has 0 unspecified atom stereocenters. The van der Waals surface area contributed by atoms with Gasteiger partial charge in [-0.1, -0.05) is 13.8 Å². The van der Waals surface area contributed by atoms with E-state index in [1.807, 2.05) is 20.8 Å². The number of carbonyl (C=O) groups is 1. The van der Waals surface area contributed by atoms with Gasteiger partial charge >= 0.3 is 0 Å². The molecule has 2 saturated heterocycles. The van der Waals surface area contributed by atoms with Gasteiger partial charge in [0, 0.05) is 63.9 Å². The maximum absolute atomic E-state index is 14.3. The van der Waals surface area contributed by atoms with Gasteiger partial charge in [-0.15, -0.1) is 10.2 Å². The van der Waals surface area contributed by atoms with Crippen LogP contribution in [0.5, 0.6) is 11.6 Å². The van der Waals surface area contributed by atoms with Crippen LogP contribution in [0.3, 0.4) is 0 Å².